The van der Waals surface area contributed by atoms with Gasteiger partial charge in [0.1, 0.15) is 0 Å². The smallest absolute Gasteiger partial charge is 0.237 e. The Morgan fingerprint density at radius 3 is 2.79 bits per heavy atom. The number of carbonyl (C=O) groups excluding carboxylic acids is 1. The lowest BCUT2D eigenvalue weighted by molar-refractivity contribution is -0.115. The van der Waals surface area contributed by atoms with Crippen molar-refractivity contribution >= 4 is 23.4 Å². The summed E-state index contributed by atoms with van der Waals surface area (Å²) in [4.78, 5) is 12.1. The number of carbonyl (C=O) groups is 1. The Bertz CT molecular complexity index is 421. The van der Waals surface area contributed by atoms with Crippen LogP contribution in [0.25, 0.3) is 0 Å². The van der Waals surface area contributed by atoms with Crippen LogP contribution in [0.1, 0.15) is 30.9 Å². The molecule has 0 radical (unpaired) electrons. The molecule has 0 aliphatic rings. The Hall–Kier alpha value is -1.00. The van der Waals surface area contributed by atoms with E-state index >= 15 is 0 Å². The average molecular weight is 280 g/mol. The quantitative estimate of drug-likeness (QED) is 0.755. The maximum atomic E-state index is 12.1. The molecule has 0 aromatic heterocycles. The van der Waals surface area contributed by atoms with E-state index in [0.29, 0.717) is 0 Å². The third-order valence-electron chi connectivity index (χ3n) is 3.20. The largest absolute Gasteiger partial charge is 0.330 e. The zero-order valence-corrected chi connectivity index (χ0v) is 12.8. The molecule has 1 rings (SSSR count). The summed E-state index contributed by atoms with van der Waals surface area (Å²) in [5.41, 5.74) is 8.70. The number of rotatable bonds is 7. The first kappa shape index (κ1) is 16.1. The predicted octanol–water partition coefficient (Wildman–Crippen LogP) is 3.10. The Kier molecular flexibility index (Phi) is 6.95. The zero-order valence-electron chi connectivity index (χ0n) is 12.0. The fourth-order valence-electron chi connectivity index (χ4n) is 1.70. The molecule has 1 amide bonds. The summed E-state index contributed by atoms with van der Waals surface area (Å²) in [5.74, 6) is 1.06. The predicted molar refractivity (Wildman–Crippen MR) is 84.8 cm³/mol. The van der Waals surface area contributed by atoms with E-state index in [1.165, 1.54) is 5.56 Å². The van der Waals surface area contributed by atoms with Gasteiger partial charge >= 0.3 is 0 Å². The number of amides is 1. The Morgan fingerprint density at radius 2 is 2.11 bits per heavy atom. The number of benzene rings is 1. The van der Waals surface area contributed by atoms with E-state index in [2.05, 4.69) is 18.3 Å². The standard InChI is InChI=1S/C15H24N2OS/c1-11-7-6-8-14(12(11)2)17-15(18)13(3)19-10-5-4-9-16/h6-8,13H,4-5,9-10,16H2,1-3H3,(H,17,18). The molecule has 0 saturated heterocycles. The van der Waals surface area contributed by atoms with Crippen molar-refractivity contribution in [2.45, 2.75) is 38.9 Å². The molecule has 106 valence electrons. The van der Waals surface area contributed by atoms with Crippen LogP contribution in [0.4, 0.5) is 5.69 Å². The van der Waals surface area contributed by atoms with Crippen molar-refractivity contribution in [1.29, 1.82) is 0 Å². The van der Waals surface area contributed by atoms with Gasteiger partial charge < -0.3 is 11.1 Å². The summed E-state index contributed by atoms with van der Waals surface area (Å²) < 4.78 is 0. The molecule has 0 spiro atoms. The van der Waals surface area contributed by atoms with Crippen molar-refractivity contribution in [3.63, 3.8) is 0 Å². The van der Waals surface area contributed by atoms with E-state index in [-0.39, 0.29) is 11.2 Å². The van der Waals surface area contributed by atoms with E-state index in [9.17, 15) is 4.79 Å². The van der Waals surface area contributed by atoms with Crippen molar-refractivity contribution in [3.05, 3.63) is 29.3 Å². The lowest BCUT2D eigenvalue weighted by Crippen LogP contribution is -2.23. The molecule has 1 aromatic rings. The second-order valence-electron chi connectivity index (χ2n) is 4.75. The fourth-order valence-corrected chi connectivity index (χ4v) is 2.64. The van der Waals surface area contributed by atoms with Crippen LogP contribution in [-0.2, 0) is 4.79 Å². The van der Waals surface area contributed by atoms with Gasteiger partial charge in [-0.15, -0.1) is 11.8 Å². The molecule has 0 fully saturated rings. The molecule has 1 atom stereocenters. The average Bonchev–Trinajstić information content (AvgIpc) is 2.39. The number of nitrogens with two attached hydrogens (primary N) is 1. The number of unbranched alkanes of at least 4 members (excludes halogenated alkanes) is 1. The summed E-state index contributed by atoms with van der Waals surface area (Å²) in [6.07, 6.45) is 2.10. The molecular weight excluding hydrogens is 256 g/mol. The molecule has 0 aliphatic carbocycles. The van der Waals surface area contributed by atoms with Crippen molar-refractivity contribution in [1.82, 2.24) is 0 Å². The number of anilines is 1. The van der Waals surface area contributed by atoms with E-state index in [4.69, 9.17) is 5.73 Å². The molecule has 0 heterocycles. The number of nitrogens with one attached hydrogen (secondary N) is 1. The first-order valence-corrected chi connectivity index (χ1v) is 7.80. The van der Waals surface area contributed by atoms with Crippen LogP contribution >= 0.6 is 11.8 Å². The first-order valence-electron chi connectivity index (χ1n) is 6.75. The molecule has 3 N–H and O–H groups in total. The molecule has 1 aromatic carbocycles. The highest BCUT2D eigenvalue weighted by molar-refractivity contribution is 8.00. The Balaban J connectivity index is 2.47. The van der Waals surface area contributed by atoms with E-state index in [1.807, 2.05) is 26.0 Å². The summed E-state index contributed by atoms with van der Waals surface area (Å²) in [6.45, 7) is 6.76. The monoisotopic (exact) mass is 280 g/mol. The van der Waals surface area contributed by atoms with Gasteiger partial charge in [-0.1, -0.05) is 12.1 Å². The maximum Gasteiger partial charge on any atom is 0.237 e. The summed E-state index contributed by atoms with van der Waals surface area (Å²) in [5, 5.41) is 2.98. The normalized spacial score (nSPS) is 12.2. The van der Waals surface area contributed by atoms with Crippen LogP contribution in [0.3, 0.4) is 0 Å². The van der Waals surface area contributed by atoms with Crippen LogP contribution in [-0.4, -0.2) is 23.5 Å². The lowest BCUT2D eigenvalue weighted by atomic mass is 10.1. The van der Waals surface area contributed by atoms with Crippen molar-refractivity contribution < 1.29 is 4.79 Å². The van der Waals surface area contributed by atoms with E-state index in [1.54, 1.807) is 11.8 Å². The molecule has 0 aliphatic heterocycles. The lowest BCUT2D eigenvalue weighted by Gasteiger charge is -2.14. The minimum absolute atomic E-state index is 0.0299. The first-order chi connectivity index (χ1) is 9.06. The van der Waals surface area contributed by atoms with E-state index < -0.39 is 0 Å². The minimum Gasteiger partial charge on any atom is -0.330 e. The van der Waals surface area contributed by atoms with E-state index in [0.717, 1.165) is 36.4 Å². The number of thioether (sulfide) groups is 1. The molecule has 0 saturated carbocycles. The van der Waals surface area contributed by atoms with Crippen molar-refractivity contribution in [2.75, 3.05) is 17.6 Å². The van der Waals surface area contributed by atoms with Crippen molar-refractivity contribution in [2.24, 2.45) is 5.73 Å². The van der Waals surface area contributed by atoms with Gasteiger partial charge in [-0.2, -0.15) is 0 Å². The van der Waals surface area contributed by atoms with Gasteiger partial charge in [0, 0.05) is 5.69 Å². The van der Waals surface area contributed by atoms with Gasteiger partial charge in [0.15, 0.2) is 0 Å². The SMILES string of the molecule is Cc1cccc(NC(=O)C(C)SCCCCN)c1C. The summed E-state index contributed by atoms with van der Waals surface area (Å²) >= 11 is 1.69. The highest BCUT2D eigenvalue weighted by Gasteiger charge is 2.14. The van der Waals surface area contributed by atoms with Crippen molar-refractivity contribution in [3.8, 4) is 0 Å². The third kappa shape index (κ3) is 5.25. The van der Waals surface area contributed by atoms with Gasteiger partial charge in [-0.3, -0.25) is 4.79 Å². The topological polar surface area (TPSA) is 55.1 Å². The van der Waals surface area contributed by atoms with Crippen LogP contribution < -0.4 is 11.1 Å². The summed E-state index contributed by atoms with van der Waals surface area (Å²) in [6, 6.07) is 5.97. The van der Waals surface area contributed by atoms with Gasteiger partial charge in [-0.05, 0) is 63.1 Å². The zero-order chi connectivity index (χ0) is 14.3. The van der Waals surface area contributed by atoms with Crippen LogP contribution in [0.15, 0.2) is 18.2 Å². The van der Waals surface area contributed by atoms with Gasteiger partial charge in [0.2, 0.25) is 5.91 Å². The molecule has 3 nitrogen and oxygen atoms in total. The molecule has 0 bridgehead atoms. The number of hydrogen-bond donors (Lipinski definition) is 2. The second kappa shape index (κ2) is 8.23. The third-order valence-corrected chi connectivity index (χ3v) is 4.44. The van der Waals surface area contributed by atoms with Crippen LogP contribution in [0.5, 0.6) is 0 Å². The second-order valence-corrected chi connectivity index (χ2v) is 6.19. The Labute approximate surface area is 120 Å². The van der Waals surface area contributed by atoms with Gasteiger partial charge in [0.05, 0.1) is 5.25 Å². The maximum absolute atomic E-state index is 12.1. The Morgan fingerprint density at radius 1 is 1.37 bits per heavy atom. The molecule has 19 heavy (non-hydrogen) atoms. The fraction of sp³-hybridized carbons (Fsp3) is 0.533. The molecule has 1 unspecified atom stereocenters. The number of hydrogen-bond acceptors (Lipinski definition) is 3. The minimum atomic E-state index is -0.0299. The van der Waals surface area contributed by atoms with Crippen LogP contribution in [0.2, 0.25) is 0 Å². The molecule has 4 heteroatoms. The highest BCUT2D eigenvalue weighted by atomic mass is 32.2. The van der Waals surface area contributed by atoms with Crippen LogP contribution in [0, 0.1) is 13.8 Å². The van der Waals surface area contributed by atoms with Gasteiger partial charge in [-0.25, -0.2) is 0 Å². The number of aryl methyl sites for hydroxylation is 1. The highest BCUT2D eigenvalue weighted by Crippen LogP contribution is 2.20. The summed E-state index contributed by atoms with van der Waals surface area (Å²) in [7, 11) is 0. The molecular formula is C15H24N2OS. The van der Waals surface area contributed by atoms with Gasteiger partial charge in [0.25, 0.3) is 0 Å².